The van der Waals surface area contributed by atoms with Crippen LogP contribution < -0.4 is 0 Å². The molecular formula is C18H26N2O3. The van der Waals surface area contributed by atoms with Gasteiger partial charge in [0.15, 0.2) is 0 Å². The van der Waals surface area contributed by atoms with Gasteiger partial charge in [0.2, 0.25) is 5.91 Å². The third kappa shape index (κ3) is 3.17. The lowest BCUT2D eigenvalue weighted by Gasteiger charge is -2.42. The molecule has 0 N–H and O–H groups in total. The average molecular weight is 318 g/mol. The van der Waals surface area contributed by atoms with Gasteiger partial charge in [-0.15, -0.1) is 12.3 Å². The van der Waals surface area contributed by atoms with Crippen LogP contribution in [0.1, 0.15) is 52.9 Å². The summed E-state index contributed by atoms with van der Waals surface area (Å²) in [7, 11) is 0. The first kappa shape index (κ1) is 16.2. The van der Waals surface area contributed by atoms with E-state index in [-0.39, 0.29) is 36.0 Å². The molecule has 0 aliphatic carbocycles. The van der Waals surface area contributed by atoms with Crippen LogP contribution in [0.2, 0.25) is 0 Å². The molecule has 3 aliphatic rings. The van der Waals surface area contributed by atoms with E-state index in [4.69, 9.17) is 11.2 Å². The maximum absolute atomic E-state index is 12.5. The van der Waals surface area contributed by atoms with Gasteiger partial charge in [0, 0.05) is 37.0 Å². The van der Waals surface area contributed by atoms with Gasteiger partial charge in [-0.2, -0.15) is 0 Å². The highest BCUT2D eigenvalue weighted by atomic mass is 16.6. The molecule has 0 aromatic carbocycles. The number of carbonyl (C=O) groups is 2. The van der Waals surface area contributed by atoms with Gasteiger partial charge in [-0.3, -0.25) is 4.79 Å². The second kappa shape index (κ2) is 5.74. The van der Waals surface area contributed by atoms with Gasteiger partial charge in [-0.05, 0) is 46.5 Å². The minimum absolute atomic E-state index is 0.0454. The zero-order valence-corrected chi connectivity index (χ0v) is 14.2. The van der Waals surface area contributed by atoms with Gasteiger partial charge in [-0.25, -0.2) is 4.79 Å². The molecule has 23 heavy (non-hydrogen) atoms. The predicted molar refractivity (Wildman–Crippen MR) is 86.6 cm³/mol. The minimum atomic E-state index is -0.474. The van der Waals surface area contributed by atoms with Crippen molar-refractivity contribution in [2.75, 3.05) is 6.54 Å². The second-order valence-electron chi connectivity index (χ2n) is 8.01. The molecule has 3 aliphatic heterocycles. The van der Waals surface area contributed by atoms with E-state index in [2.05, 4.69) is 5.92 Å². The highest BCUT2D eigenvalue weighted by molar-refractivity contribution is 5.79. The molecule has 3 saturated heterocycles. The molecule has 2 bridgehead atoms. The fraction of sp³-hybridized carbons (Fsp3) is 0.778. The lowest BCUT2D eigenvalue weighted by molar-refractivity contribution is -0.130. The van der Waals surface area contributed by atoms with Crippen molar-refractivity contribution in [2.45, 2.75) is 76.6 Å². The Morgan fingerprint density at radius 1 is 1.22 bits per heavy atom. The lowest BCUT2D eigenvalue weighted by atomic mass is 9.96. The fourth-order valence-electron chi connectivity index (χ4n) is 4.21. The molecule has 0 saturated carbocycles. The number of hydrogen-bond donors (Lipinski definition) is 0. The highest BCUT2D eigenvalue weighted by Crippen LogP contribution is 2.39. The number of ether oxygens (including phenoxy) is 1. The first-order chi connectivity index (χ1) is 10.8. The molecule has 2 unspecified atom stereocenters. The molecule has 0 aromatic rings. The third-order valence-corrected chi connectivity index (χ3v) is 5.15. The van der Waals surface area contributed by atoms with Crippen LogP contribution in [-0.4, -0.2) is 52.1 Å². The summed E-state index contributed by atoms with van der Waals surface area (Å²) < 4.78 is 5.55. The standard InChI is InChI=1S/C18H26N2O3/c1-5-12-8-16(21)19(11-12)15-9-13-6-7-14(10-15)20(13)17(22)23-18(2,3)4/h1,12-15H,6-11H2,2-4H3/t12?,13-,14+,15?. The predicted octanol–water partition coefficient (Wildman–Crippen LogP) is 2.40. The van der Waals surface area contributed by atoms with Crippen LogP contribution in [0.3, 0.4) is 0 Å². The van der Waals surface area contributed by atoms with E-state index in [1.54, 1.807) is 0 Å². The number of likely N-dealkylation sites (tertiary alicyclic amines) is 1. The molecule has 126 valence electrons. The van der Waals surface area contributed by atoms with E-state index < -0.39 is 5.60 Å². The Morgan fingerprint density at radius 3 is 2.30 bits per heavy atom. The second-order valence-corrected chi connectivity index (χ2v) is 8.01. The Kier molecular flexibility index (Phi) is 4.03. The normalized spacial score (nSPS) is 33.7. The lowest BCUT2D eigenvalue weighted by Crippen LogP contribution is -2.53. The summed E-state index contributed by atoms with van der Waals surface area (Å²) in [6.07, 6.45) is 9.43. The first-order valence-corrected chi connectivity index (χ1v) is 8.55. The molecular weight excluding hydrogens is 292 g/mol. The molecule has 5 heteroatoms. The number of hydrogen-bond acceptors (Lipinski definition) is 3. The van der Waals surface area contributed by atoms with E-state index in [0.717, 1.165) is 25.7 Å². The molecule has 3 heterocycles. The maximum Gasteiger partial charge on any atom is 0.410 e. The van der Waals surface area contributed by atoms with Gasteiger partial charge in [-0.1, -0.05) is 0 Å². The number of nitrogens with zero attached hydrogens (tertiary/aromatic N) is 2. The number of amides is 2. The summed E-state index contributed by atoms with van der Waals surface area (Å²) in [5, 5.41) is 0. The number of fused-ring (bicyclic) bond motifs is 2. The van der Waals surface area contributed by atoms with Crippen molar-refractivity contribution in [3.05, 3.63) is 0 Å². The Bertz CT molecular complexity index is 531. The van der Waals surface area contributed by atoms with E-state index in [0.29, 0.717) is 13.0 Å². The summed E-state index contributed by atoms with van der Waals surface area (Å²) in [6.45, 7) is 6.35. The summed E-state index contributed by atoms with van der Waals surface area (Å²) in [4.78, 5) is 28.5. The van der Waals surface area contributed by atoms with Crippen LogP contribution in [0.4, 0.5) is 4.79 Å². The van der Waals surface area contributed by atoms with E-state index in [1.165, 1.54) is 0 Å². The maximum atomic E-state index is 12.5. The van der Waals surface area contributed by atoms with Gasteiger partial charge < -0.3 is 14.5 Å². The number of carbonyl (C=O) groups excluding carboxylic acids is 2. The number of rotatable bonds is 1. The van der Waals surface area contributed by atoms with Crippen LogP contribution in [-0.2, 0) is 9.53 Å². The van der Waals surface area contributed by atoms with Crippen molar-refractivity contribution in [3.63, 3.8) is 0 Å². The molecule has 0 spiro atoms. The van der Waals surface area contributed by atoms with Crippen LogP contribution in [0.5, 0.6) is 0 Å². The van der Waals surface area contributed by atoms with Crippen LogP contribution >= 0.6 is 0 Å². The molecule has 3 fully saturated rings. The quantitative estimate of drug-likeness (QED) is 0.698. The topological polar surface area (TPSA) is 49.9 Å². The highest BCUT2D eigenvalue weighted by Gasteiger charge is 2.48. The summed E-state index contributed by atoms with van der Waals surface area (Å²) >= 11 is 0. The third-order valence-electron chi connectivity index (χ3n) is 5.15. The zero-order valence-electron chi connectivity index (χ0n) is 14.2. The summed E-state index contributed by atoms with van der Waals surface area (Å²) in [6, 6.07) is 0.592. The molecule has 3 rings (SSSR count). The van der Waals surface area contributed by atoms with Gasteiger partial charge in [0.1, 0.15) is 5.60 Å². The largest absolute Gasteiger partial charge is 0.444 e. The Morgan fingerprint density at radius 2 is 1.83 bits per heavy atom. The minimum Gasteiger partial charge on any atom is -0.444 e. The molecule has 5 nitrogen and oxygen atoms in total. The van der Waals surface area contributed by atoms with Crippen LogP contribution in [0, 0.1) is 18.3 Å². The molecule has 4 atom stereocenters. The summed E-state index contributed by atoms with van der Waals surface area (Å²) in [5.74, 6) is 2.92. The molecule has 2 amide bonds. The Labute approximate surface area is 138 Å². The first-order valence-electron chi connectivity index (χ1n) is 8.55. The van der Waals surface area contributed by atoms with Crippen molar-refractivity contribution in [3.8, 4) is 12.3 Å². The molecule has 0 aromatic heterocycles. The average Bonchev–Trinajstić information content (AvgIpc) is 2.95. The van der Waals surface area contributed by atoms with Crippen molar-refractivity contribution < 1.29 is 14.3 Å². The Balaban J connectivity index is 1.67. The Hall–Kier alpha value is -1.70. The van der Waals surface area contributed by atoms with Crippen LogP contribution in [0.15, 0.2) is 0 Å². The van der Waals surface area contributed by atoms with Gasteiger partial charge >= 0.3 is 6.09 Å². The van der Waals surface area contributed by atoms with Gasteiger partial charge in [0.05, 0.1) is 0 Å². The smallest absolute Gasteiger partial charge is 0.410 e. The zero-order chi connectivity index (χ0) is 16.8. The van der Waals surface area contributed by atoms with Crippen molar-refractivity contribution in [1.29, 1.82) is 0 Å². The summed E-state index contributed by atoms with van der Waals surface area (Å²) in [5.41, 5.74) is -0.474. The van der Waals surface area contributed by atoms with E-state index in [1.807, 2.05) is 30.6 Å². The van der Waals surface area contributed by atoms with E-state index >= 15 is 0 Å². The SMILES string of the molecule is C#CC1CC(=O)N(C2C[C@H]3CC[C@@H](C2)N3C(=O)OC(C)(C)C)C1. The fourth-order valence-corrected chi connectivity index (χ4v) is 4.21. The monoisotopic (exact) mass is 318 g/mol. The van der Waals surface area contributed by atoms with Crippen molar-refractivity contribution >= 4 is 12.0 Å². The number of terminal acetylenes is 1. The van der Waals surface area contributed by atoms with Gasteiger partial charge in [0.25, 0.3) is 0 Å². The van der Waals surface area contributed by atoms with Crippen molar-refractivity contribution in [2.24, 2.45) is 5.92 Å². The van der Waals surface area contributed by atoms with E-state index in [9.17, 15) is 9.59 Å². The van der Waals surface area contributed by atoms with Crippen LogP contribution in [0.25, 0.3) is 0 Å². The molecule has 0 radical (unpaired) electrons. The number of piperidine rings is 1. The van der Waals surface area contributed by atoms with Crippen molar-refractivity contribution in [1.82, 2.24) is 9.80 Å².